The molecule has 1 heterocycles. The highest BCUT2D eigenvalue weighted by Gasteiger charge is 2.09. The van der Waals surface area contributed by atoms with Gasteiger partial charge in [0, 0.05) is 33.8 Å². The van der Waals surface area contributed by atoms with Gasteiger partial charge in [-0.05, 0) is 11.6 Å². The third kappa shape index (κ3) is 2.86. The van der Waals surface area contributed by atoms with Gasteiger partial charge in [0.2, 0.25) is 0 Å². The molecule has 3 aromatic rings. The second-order valence-electron chi connectivity index (χ2n) is 4.70. The molecule has 0 saturated heterocycles. The number of methoxy groups -OCH3 is 2. The molecule has 0 aliphatic carbocycles. The summed E-state index contributed by atoms with van der Waals surface area (Å²) >= 11 is 0. The number of hydrogen-bond donors (Lipinski definition) is 0. The Balaban J connectivity index is 2.06. The molecule has 114 valence electrons. The van der Waals surface area contributed by atoms with Crippen molar-refractivity contribution in [2.45, 2.75) is 0 Å². The van der Waals surface area contributed by atoms with Gasteiger partial charge in [-0.3, -0.25) is 0 Å². The van der Waals surface area contributed by atoms with Crippen molar-refractivity contribution >= 4 is 16.6 Å². The molecule has 0 radical (unpaired) electrons. The number of nitrogens with zero attached hydrogens (tertiary/aromatic N) is 5. The predicted molar refractivity (Wildman–Crippen MR) is 86.9 cm³/mol. The van der Waals surface area contributed by atoms with Gasteiger partial charge < -0.3 is 9.47 Å². The maximum atomic E-state index is 8.43. The summed E-state index contributed by atoms with van der Waals surface area (Å²) in [6, 6.07) is 10.7. The summed E-state index contributed by atoms with van der Waals surface area (Å²) in [6.45, 7) is 0. The average molecular weight is 307 g/mol. The molecule has 0 aliphatic heterocycles. The Hall–Kier alpha value is -3.31. The van der Waals surface area contributed by atoms with Gasteiger partial charge in [-0.1, -0.05) is 29.4 Å². The summed E-state index contributed by atoms with van der Waals surface area (Å²) in [5.74, 6) is 1.83. The molecule has 2 aromatic carbocycles. The van der Waals surface area contributed by atoms with E-state index in [0.29, 0.717) is 23.0 Å². The molecule has 7 nitrogen and oxygen atoms in total. The molecule has 0 amide bonds. The van der Waals surface area contributed by atoms with Crippen LogP contribution in [-0.4, -0.2) is 24.2 Å². The molecular formula is C16H13N5O2. The highest BCUT2D eigenvalue weighted by Crippen LogP contribution is 2.32. The van der Waals surface area contributed by atoms with Gasteiger partial charge in [0.05, 0.1) is 19.7 Å². The third-order valence-corrected chi connectivity index (χ3v) is 3.37. The summed E-state index contributed by atoms with van der Waals surface area (Å²) in [5.41, 5.74) is 10.6. The van der Waals surface area contributed by atoms with Gasteiger partial charge in [0.25, 0.3) is 0 Å². The Bertz CT molecular complexity index is 902. The van der Waals surface area contributed by atoms with Crippen LogP contribution in [0.2, 0.25) is 0 Å². The molecule has 23 heavy (non-hydrogen) atoms. The smallest absolute Gasteiger partial charge is 0.162 e. The number of fused-ring (bicyclic) bond motifs is 1. The Morgan fingerprint density at radius 1 is 1.04 bits per heavy atom. The van der Waals surface area contributed by atoms with Crippen molar-refractivity contribution in [3.63, 3.8) is 0 Å². The highest BCUT2D eigenvalue weighted by atomic mass is 16.5. The number of rotatable bonds is 4. The maximum absolute atomic E-state index is 8.43. The zero-order valence-corrected chi connectivity index (χ0v) is 12.6. The van der Waals surface area contributed by atoms with Crippen molar-refractivity contribution in [1.29, 1.82) is 0 Å². The monoisotopic (exact) mass is 307 g/mol. The molecular weight excluding hydrogens is 294 g/mol. The maximum Gasteiger partial charge on any atom is 0.162 e. The van der Waals surface area contributed by atoms with E-state index in [1.807, 2.05) is 24.3 Å². The van der Waals surface area contributed by atoms with Crippen molar-refractivity contribution in [3.05, 3.63) is 53.0 Å². The zero-order chi connectivity index (χ0) is 16.2. The van der Waals surface area contributed by atoms with Crippen LogP contribution in [0.25, 0.3) is 32.7 Å². The lowest BCUT2D eigenvalue weighted by molar-refractivity contribution is 0.356. The van der Waals surface area contributed by atoms with E-state index in [2.05, 4.69) is 20.0 Å². The minimum absolute atomic E-state index is 0.545. The fourth-order valence-corrected chi connectivity index (χ4v) is 2.23. The van der Waals surface area contributed by atoms with E-state index in [0.717, 1.165) is 16.5 Å². The molecule has 0 unspecified atom stereocenters. The van der Waals surface area contributed by atoms with E-state index in [1.54, 1.807) is 32.5 Å². The Labute approximate surface area is 132 Å². The van der Waals surface area contributed by atoms with E-state index >= 15 is 0 Å². The number of ether oxygens (including phenoxy) is 2. The average Bonchev–Trinajstić information content (AvgIpc) is 2.61. The van der Waals surface area contributed by atoms with Crippen LogP contribution >= 0.6 is 0 Å². The van der Waals surface area contributed by atoms with Crippen molar-refractivity contribution in [2.75, 3.05) is 14.2 Å². The molecule has 0 atom stereocenters. The van der Waals surface area contributed by atoms with Crippen LogP contribution in [-0.2, 0) is 0 Å². The fourth-order valence-electron chi connectivity index (χ4n) is 2.23. The lowest BCUT2D eigenvalue weighted by Crippen LogP contribution is -1.94. The Kier molecular flexibility index (Phi) is 3.95. The van der Waals surface area contributed by atoms with Gasteiger partial charge in [-0.25, -0.2) is 9.97 Å². The third-order valence-electron chi connectivity index (χ3n) is 3.37. The van der Waals surface area contributed by atoms with Crippen molar-refractivity contribution in [3.8, 4) is 22.9 Å². The predicted octanol–water partition coefficient (Wildman–Crippen LogP) is 4.26. The van der Waals surface area contributed by atoms with Crippen molar-refractivity contribution in [1.82, 2.24) is 9.97 Å². The van der Waals surface area contributed by atoms with Crippen LogP contribution in [0.4, 0.5) is 5.69 Å². The molecule has 0 saturated carbocycles. The molecule has 3 rings (SSSR count). The van der Waals surface area contributed by atoms with Gasteiger partial charge in [-0.2, -0.15) is 0 Å². The van der Waals surface area contributed by atoms with E-state index in [4.69, 9.17) is 15.0 Å². The molecule has 0 fully saturated rings. The summed E-state index contributed by atoms with van der Waals surface area (Å²) in [7, 11) is 3.17. The quantitative estimate of drug-likeness (QED) is 0.409. The fraction of sp³-hybridized carbons (Fsp3) is 0.125. The second-order valence-corrected chi connectivity index (χ2v) is 4.70. The van der Waals surface area contributed by atoms with E-state index in [9.17, 15) is 0 Å². The van der Waals surface area contributed by atoms with Crippen LogP contribution in [0, 0.1) is 0 Å². The van der Waals surface area contributed by atoms with E-state index in [1.165, 1.54) is 0 Å². The lowest BCUT2D eigenvalue weighted by Gasteiger charge is -2.09. The van der Waals surface area contributed by atoms with Crippen molar-refractivity contribution in [2.24, 2.45) is 5.11 Å². The molecule has 7 heteroatoms. The molecule has 0 N–H and O–H groups in total. The SMILES string of the molecule is COc1cc2cnc(-c3ccc(N=[N+]=[N-])cc3)nc2cc1OC. The summed E-state index contributed by atoms with van der Waals surface area (Å²) in [6.07, 6.45) is 1.74. The second kappa shape index (κ2) is 6.21. The Morgan fingerprint density at radius 2 is 1.74 bits per heavy atom. The van der Waals surface area contributed by atoms with Gasteiger partial charge >= 0.3 is 0 Å². The minimum Gasteiger partial charge on any atom is -0.493 e. The van der Waals surface area contributed by atoms with Crippen LogP contribution in [0.15, 0.2) is 47.7 Å². The molecule has 1 aromatic heterocycles. The standard InChI is InChI=1S/C16H13N5O2/c1-22-14-7-11-9-18-16(19-13(11)8-15(14)23-2)10-3-5-12(6-4-10)20-21-17/h3-9H,1-2H3. The van der Waals surface area contributed by atoms with Gasteiger partial charge in [-0.15, -0.1) is 0 Å². The number of hydrogen-bond acceptors (Lipinski definition) is 5. The van der Waals surface area contributed by atoms with E-state index in [-0.39, 0.29) is 0 Å². The molecule has 0 spiro atoms. The first-order valence-corrected chi connectivity index (χ1v) is 6.79. The highest BCUT2D eigenvalue weighted by molar-refractivity contribution is 5.83. The van der Waals surface area contributed by atoms with Crippen LogP contribution in [0.1, 0.15) is 0 Å². The summed E-state index contributed by atoms with van der Waals surface area (Å²) in [5, 5.41) is 4.40. The van der Waals surface area contributed by atoms with Gasteiger partial charge in [0.15, 0.2) is 17.3 Å². The molecule has 0 bridgehead atoms. The van der Waals surface area contributed by atoms with Crippen molar-refractivity contribution < 1.29 is 9.47 Å². The summed E-state index contributed by atoms with van der Waals surface area (Å²) < 4.78 is 10.6. The number of aromatic nitrogens is 2. The first-order chi connectivity index (χ1) is 11.2. The normalized spacial score (nSPS) is 10.2. The van der Waals surface area contributed by atoms with Crippen LogP contribution < -0.4 is 9.47 Å². The number of azide groups is 1. The lowest BCUT2D eigenvalue weighted by atomic mass is 10.1. The van der Waals surface area contributed by atoms with Crippen LogP contribution in [0.3, 0.4) is 0 Å². The van der Waals surface area contributed by atoms with E-state index < -0.39 is 0 Å². The first-order valence-electron chi connectivity index (χ1n) is 6.79. The summed E-state index contributed by atoms with van der Waals surface area (Å²) in [4.78, 5) is 11.7. The number of benzene rings is 2. The largest absolute Gasteiger partial charge is 0.493 e. The molecule has 0 aliphatic rings. The first kappa shape index (κ1) is 14.6. The zero-order valence-electron chi connectivity index (χ0n) is 12.6. The Morgan fingerprint density at radius 3 is 2.39 bits per heavy atom. The minimum atomic E-state index is 0.545. The van der Waals surface area contributed by atoms with Crippen LogP contribution in [0.5, 0.6) is 11.5 Å². The topological polar surface area (TPSA) is 93.0 Å². The van der Waals surface area contributed by atoms with Gasteiger partial charge in [0.1, 0.15) is 0 Å².